The van der Waals surface area contributed by atoms with E-state index in [-0.39, 0.29) is 11.6 Å². The van der Waals surface area contributed by atoms with E-state index < -0.39 is 0 Å². The Morgan fingerprint density at radius 2 is 2.53 bits per heavy atom. The molecule has 5 heteroatoms. The average molecular weight is 238 g/mol. The van der Waals surface area contributed by atoms with E-state index in [2.05, 4.69) is 5.10 Å². The Labute approximate surface area is 101 Å². The summed E-state index contributed by atoms with van der Waals surface area (Å²) in [5, 5.41) is 4.04. The van der Waals surface area contributed by atoms with Gasteiger partial charge in [-0.2, -0.15) is 5.10 Å². The Bertz CT molecular complexity index is 394. The molecule has 0 N–H and O–H groups in total. The fraction of sp³-hybridized carbons (Fsp3) is 0.667. The minimum Gasteiger partial charge on any atom is -0.459 e. The molecule has 0 bridgehead atoms. The van der Waals surface area contributed by atoms with Crippen molar-refractivity contribution >= 4 is 5.97 Å². The number of esters is 1. The SMILES string of the molecule is CCn1cc(C(=O)OC[C@@]2(C)CCCO2)cn1. The van der Waals surface area contributed by atoms with Crippen LogP contribution in [-0.2, 0) is 16.0 Å². The highest BCUT2D eigenvalue weighted by atomic mass is 16.6. The van der Waals surface area contributed by atoms with Crippen LogP contribution in [0.5, 0.6) is 0 Å². The van der Waals surface area contributed by atoms with Crippen molar-refractivity contribution in [3.05, 3.63) is 18.0 Å². The zero-order chi connectivity index (χ0) is 12.3. The first-order valence-electron chi connectivity index (χ1n) is 5.96. The number of hydrogen-bond acceptors (Lipinski definition) is 4. The Morgan fingerprint density at radius 3 is 3.12 bits per heavy atom. The summed E-state index contributed by atoms with van der Waals surface area (Å²) in [6.07, 6.45) is 5.19. The molecule has 1 aliphatic heterocycles. The first-order chi connectivity index (χ1) is 8.13. The molecular weight excluding hydrogens is 220 g/mol. The summed E-state index contributed by atoms with van der Waals surface area (Å²) >= 11 is 0. The zero-order valence-electron chi connectivity index (χ0n) is 10.3. The molecular formula is C12H18N2O3. The lowest BCUT2D eigenvalue weighted by Gasteiger charge is -2.22. The van der Waals surface area contributed by atoms with Crippen LogP contribution in [0.2, 0.25) is 0 Å². The molecule has 0 radical (unpaired) electrons. The van der Waals surface area contributed by atoms with Crippen molar-refractivity contribution in [3.8, 4) is 0 Å². The maximum Gasteiger partial charge on any atom is 0.341 e. The smallest absolute Gasteiger partial charge is 0.341 e. The molecule has 1 atom stereocenters. The highest BCUT2D eigenvalue weighted by molar-refractivity contribution is 5.88. The summed E-state index contributed by atoms with van der Waals surface area (Å²) < 4.78 is 12.5. The minimum absolute atomic E-state index is 0.309. The normalized spacial score (nSPS) is 23.9. The van der Waals surface area contributed by atoms with E-state index >= 15 is 0 Å². The molecule has 1 aromatic heterocycles. The van der Waals surface area contributed by atoms with Crippen molar-refractivity contribution in [2.45, 2.75) is 38.8 Å². The molecule has 0 amide bonds. The molecule has 1 aromatic rings. The highest BCUT2D eigenvalue weighted by Gasteiger charge is 2.31. The van der Waals surface area contributed by atoms with Gasteiger partial charge in [-0.3, -0.25) is 4.68 Å². The fourth-order valence-electron chi connectivity index (χ4n) is 1.89. The van der Waals surface area contributed by atoms with Crippen LogP contribution in [0.4, 0.5) is 0 Å². The number of aromatic nitrogens is 2. The van der Waals surface area contributed by atoms with Crippen LogP contribution in [0.25, 0.3) is 0 Å². The van der Waals surface area contributed by atoms with E-state index in [1.54, 1.807) is 10.9 Å². The van der Waals surface area contributed by atoms with Gasteiger partial charge in [0.1, 0.15) is 6.61 Å². The van der Waals surface area contributed by atoms with Crippen molar-refractivity contribution in [2.24, 2.45) is 0 Å². The molecule has 2 heterocycles. The number of ether oxygens (including phenoxy) is 2. The zero-order valence-corrected chi connectivity index (χ0v) is 10.3. The molecule has 1 aliphatic rings. The third-order valence-corrected chi connectivity index (χ3v) is 3.00. The predicted octanol–water partition coefficient (Wildman–Crippen LogP) is 1.63. The van der Waals surface area contributed by atoms with Crippen LogP contribution in [0, 0.1) is 0 Å². The first-order valence-corrected chi connectivity index (χ1v) is 5.96. The Kier molecular flexibility index (Phi) is 3.47. The summed E-state index contributed by atoms with van der Waals surface area (Å²) in [6.45, 7) is 5.75. The molecule has 5 nitrogen and oxygen atoms in total. The van der Waals surface area contributed by atoms with Gasteiger partial charge in [0, 0.05) is 19.3 Å². The molecule has 0 aliphatic carbocycles. The van der Waals surface area contributed by atoms with Crippen molar-refractivity contribution < 1.29 is 14.3 Å². The van der Waals surface area contributed by atoms with E-state index in [9.17, 15) is 4.79 Å². The summed E-state index contributed by atoms with van der Waals surface area (Å²) in [7, 11) is 0. The molecule has 17 heavy (non-hydrogen) atoms. The average Bonchev–Trinajstić information content (AvgIpc) is 2.95. The highest BCUT2D eigenvalue weighted by Crippen LogP contribution is 2.25. The van der Waals surface area contributed by atoms with Crippen molar-refractivity contribution in [3.63, 3.8) is 0 Å². The van der Waals surface area contributed by atoms with Crippen molar-refractivity contribution in [1.29, 1.82) is 0 Å². The number of nitrogens with zero attached hydrogens (tertiary/aromatic N) is 2. The number of carbonyl (C=O) groups is 1. The first kappa shape index (κ1) is 12.1. The molecule has 94 valence electrons. The second-order valence-corrected chi connectivity index (χ2v) is 4.56. The van der Waals surface area contributed by atoms with Crippen LogP contribution in [-0.4, -0.2) is 34.6 Å². The van der Waals surface area contributed by atoms with Gasteiger partial charge in [-0.05, 0) is 26.7 Å². The van der Waals surface area contributed by atoms with Crippen LogP contribution in [0.3, 0.4) is 0 Å². The summed E-state index contributed by atoms with van der Waals surface area (Å²) in [5.41, 5.74) is 0.185. The van der Waals surface area contributed by atoms with E-state index in [4.69, 9.17) is 9.47 Å². The van der Waals surface area contributed by atoms with Gasteiger partial charge in [0.05, 0.1) is 17.4 Å². The largest absolute Gasteiger partial charge is 0.459 e. The van der Waals surface area contributed by atoms with Crippen LogP contribution >= 0.6 is 0 Å². The van der Waals surface area contributed by atoms with Gasteiger partial charge in [0.25, 0.3) is 0 Å². The van der Waals surface area contributed by atoms with Crippen LogP contribution < -0.4 is 0 Å². The van der Waals surface area contributed by atoms with Gasteiger partial charge in [-0.1, -0.05) is 0 Å². The molecule has 0 saturated carbocycles. The molecule has 0 unspecified atom stereocenters. The Morgan fingerprint density at radius 1 is 1.71 bits per heavy atom. The molecule has 0 spiro atoms. The lowest BCUT2D eigenvalue weighted by atomic mass is 10.0. The third kappa shape index (κ3) is 2.85. The standard InChI is InChI=1S/C12H18N2O3/c1-3-14-8-10(7-13-14)11(15)16-9-12(2)5-4-6-17-12/h7-8H,3-6,9H2,1-2H3/t12-/m1/s1. The lowest BCUT2D eigenvalue weighted by Crippen LogP contribution is -2.31. The van der Waals surface area contributed by atoms with E-state index in [1.165, 1.54) is 6.20 Å². The van der Waals surface area contributed by atoms with Crippen LogP contribution in [0.1, 0.15) is 37.0 Å². The van der Waals surface area contributed by atoms with E-state index in [0.717, 1.165) is 26.0 Å². The minimum atomic E-state index is -0.332. The molecule has 0 aromatic carbocycles. The Hall–Kier alpha value is -1.36. The summed E-state index contributed by atoms with van der Waals surface area (Å²) in [5.74, 6) is -0.332. The summed E-state index contributed by atoms with van der Waals surface area (Å²) in [6, 6.07) is 0. The van der Waals surface area contributed by atoms with E-state index in [1.807, 2.05) is 13.8 Å². The summed E-state index contributed by atoms with van der Waals surface area (Å²) in [4.78, 5) is 11.7. The lowest BCUT2D eigenvalue weighted by molar-refractivity contribution is -0.0378. The topological polar surface area (TPSA) is 53.4 Å². The van der Waals surface area contributed by atoms with Crippen LogP contribution in [0.15, 0.2) is 12.4 Å². The van der Waals surface area contributed by atoms with Gasteiger partial charge in [-0.25, -0.2) is 4.79 Å². The number of carbonyl (C=O) groups excluding carboxylic acids is 1. The maximum absolute atomic E-state index is 11.7. The van der Waals surface area contributed by atoms with E-state index in [0.29, 0.717) is 12.2 Å². The molecule has 1 fully saturated rings. The van der Waals surface area contributed by atoms with Crippen molar-refractivity contribution in [1.82, 2.24) is 9.78 Å². The third-order valence-electron chi connectivity index (χ3n) is 3.00. The van der Waals surface area contributed by atoms with Gasteiger partial charge in [0.2, 0.25) is 0 Å². The van der Waals surface area contributed by atoms with Gasteiger partial charge in [-0.15, -0.1) is 0 Å². The van der Waals surface area contributed by atoms with Gasteiger partial charge >= 0.3 is 5.97 Å². The Balaban J connectivity index is 1.88. The van der Waals surface area contributed by atoms with Gasteiger partial charge in [0.15, 0.2) is 0 Å². The van der Waals surface area contributed by atoms with Crippen molar-refractivity contribution in [2.75, 3.05) is 13.2 Å². The second kappa shape index (κ2) is 4.87. The predicted molar refractivity (Wildman–Crippen MR) is 61.8 cm³/mol. The molecule has 2 rings (SSSR count). The molecule has 1 saturated heterocycles. The maximum atomic E-state index is 11.7. The number of aryl methyl sites for hydroxylation is 1. The van der Waals surface area contributed by atoms with Gasteiger partial charge < -0.3 is 9.47 Å². The monoisotopic (exact) mass is 238 g/mol. The fourth-order valence-corrected chi connectivity index (χ4v) is 1.89. The second-order valence-electron chi connectivity index (χ2n) is 4.56. The number of hydrogen-bond donors (Lipinski definition) is 0. The quantitative estimate of drug-likeness (QED) is 0.748. The number of rotatable bonds is 4.